The van der Waals surface area contributed by atoms with Crippen LogP contribution in [0.3, 0.4) is 0 Å². The van der Waals surface area contributed by atoms with Crippen molar-refractivity contribution < 1.29 is 9.90 Å². The van der Waals surface area contributed by atoms with Crippen LogP contribution in [0.1, 0.15) is 105 Å². The zero-order valence-electron chi connectivity index (χ0n) is 22.7. The molecule has 4 aliphatic rings. The van der Waals surface area contributed by atoms with E-state index in [1.165, 1.54) is 64.2 Å². The van der Waals surface area contributed by atoms with Gasteiger partial charge in [0.05, 0.1) is 0 Å². The van der Waals surface area contributed by atoms with Crippen LogP contribution in [-0.4, -0.2) is 30.3 Å². The highest BCUT2D eigenvalue weighted by molar-refractivity contribution is 5.64. The van der Waals surface area contributed by atoms with Gasteiger partial charge >= 0.3 is 6.09 Å². The van der Waals surface area contributed by atoms with Gasteiger partial charge in [-0.15, -0.1) is 0 Å². The third-order valence-corrected chi connectivity index (χ3v) is 11.1. The highest BCUT2D eigenvalue weighted by atomic mass is 16.4. The second-order valence-corrected chi connectivity index (χ2v) is 13.4. The van der Waals surface area contributed by atoms with E-state index in [0.29, 0.717) is 23.4 Å². The van der Waals surface area contributed by atoms with Gasteiger partial charge in [-0.3, -0.25) is 0 Å². The summed E-state index contributed by atoms with van der Waals surface area (Å²) in [6.07, 6.45) is 16.8. The lowest BCUT2D eigenvalue weighted by Gasteiger charge is -2.58. The van der Waals surface area contributed by atoms with Gasteiger partial charge in [0.1, 0.15) is 0 Å². The molecule has 3 unspecified atom stereocenters. The van der Waals surface area contributed by atoms with Crippen LogP contribution in [0.15, 0.2) is 11.6 Å². The molecule has 0 aliphatic heterocycles. The molecule has 0 aromatic heterocycles. The van der Waals surface area contributed by atoms with Crippen molar-refractivity contribution in [1.29, 1.82) is 0 Å². The second-order valence-electron chi connectivity index (χ2n) is 13.4. The lowest BCUT2D eigenvalue weighted by molar-refractivity contribution is -0.0514. The standard InChI is InChI=1S/C30H52N2O2/c1-20(2)7-6-8-21(3)25-11-12-26-24-10-9-22-19-23(31-17-18-32-28(33)34)13-15-29(22,4)27(24)14-16-30(25,26)5/h9,20-21,23-27,31-32H,6-8,10-19H2,1-5H3,(H,33,34)/t21-,23+,24?,25-,26?,27?,29+,30-/m1/s1. The van der Waals surface area contributed by atoms with E-state index in [1.54, 1.807) is 5.57 Å². The van der Waals surface area contributed by atoms with Crippen molar-refractivity contribution in [2.45, 2.75) is 111 Å². The van der Waals surface area contributed by atoms with E-state index < -0.39 is 6.09 Å². The molecule has 0 aromatic carbocycles. The van der Waals surface area contributed by atoms with E-state index >= 15 is 0 Å². The van der Waals surface area contributed by atoms with Crippen molar-refractivity contribution in [1.82, 2.24) is 10.6 Å². The average molecular weight is 473 g/mol. The summed E-state index contributed by atoms with van der Waals surface area (Å²) in [5, 5.41) is 14.9. The first-order chi connectivity index (χ1) is 16.1. The number of hydrogen-bond donors (Lipinski definition) is 3. The highest BCUT2D eigenvalue weighted by Gasteiger charge is 2.59. The summed E-state index contributed by atoms with van der Waals surface area (Å²) in [5.41, 5.74) is 2.67. The minimum absolute atomic E-state index is 0.392. The van der Waals surface area contributed by atoms with Crippen molar-refractivity contribution in [3.8, 4) is 0 Å². The highest BCUT2D eigenvalue weighted by Crippen LogP contribution is 2.67. The molecule has 3 saturated carbocycles. The van der Waals surface area contributed by atoms with Gasteiger partial charge in [-0.05, 0) is 97.7 Å². The largest absolute Gasteiger partial charge is 0.465 e. The predicted octanol–water partition coefficient (Wildman–Crippen LogP) is 7.25. The minimum atomic E-state index is -0.928. The van der Waals surface area contributed by atoms with Crippen molar-refractivity contribution in [3.05, 3.63) is 11.6 Å². The molecule has 3 N–H and O–H groups in total. The zero-order chi connectivity index (χ0) is 24.5. The summed E-state index contributed by atoms with van der Waals surface area (Å²) in [6, 6.07) is 0.503. The van der Waals surface area contributed by atoms with Crippen LogP contribution >= 0.6 is 0 Å². The summed E-state index contributed by atoms with van der Waals surface area (Å²) >= 11 is 0. The Morgan fingerprint density at radius 3 is 2.59 bits per heavy atom. The van der Waals surface area contributed by atoms with E-state index in [-0.39, 0.29) is 0 Å². The van der Waals surface area contributed by atoms with E-state index in [9.17, 15) is 4.79 Å². The molecule has 0 heterocycles. The third kappa shape index (κ3) is 5.08. The van der Waals surface area contributed by atoms with Crippen molar-refractivity contribution in [2.24, 2.45) is 46.3 Å². The Morgan fingerprint density at radius 1 is 1.06 bits per heavy atom. The van der Waals surface area contributed by atoms with E-state index in [2.05, 4.69) is 51.3 Å². The maximum Gasteiger partial charge on any atom is 0.404 e. The smallest absolute Gasteiger partial charge is 0.404 e. The minimum Gasteiger partial charge on any atom is -0.465 e. The van der Waals surface area contributed by atoms with E-state index in [4.69, 9.17) is 5.11 Å². The van der Waals surface area contributed by atoms with Crippen molar-refractivity contribution >= 4 is 6.09 Å². The maximum atomic E-state index is 10.7. The molecule has 0 bridgehead atoms. The molecule has 0 aromatic rings. The molecule has 194 valence electrons. The topological polar surface area (TPSA) is 61.4 Å². The summed E-state index contributed by atoms with van der Waals surface area (Å²) < 4.78 is 0. The Labute approximate surface area is 209 Å². The first-order valence-corrected chi connectivity index (χ1v) is 14.5. The van der Waals surface area contributed by atoms with Crippen LogP contribution in [0.5, 0.6) is 0 Å². The number of allylic oxidation sites excluding steroid dienone is 1. The molecular formula is C30H52N2O2. The van der Waals surface area contributed by atoms with Crippen molar-refractivity contribution in [3.63, 3.8) is 0 Å². The fourth-order valence-electron chi connectivity index (χ4n) is 9.31. The van der Waals surface area contributed by atoms with Crippen molar-refractivity contribution in [2.75, 3.05) is 13.1 Å². The normalized spacial score (nSPS) is 40.2. The lowest BCUT2D eigenvalue weighted by Crippen LogP contribution is -2.52. The van der Waals surface area contributed by atoms with Crippen LogP contribution in [0.2, 0.25) is 0 Å². The van der Waals surface area contributed by atoms with Crippen LogP contribution < -0.4 is 10.6 Å². The quantitative estimate of drug-likeness (QED) is 0.244. The Balaban J connectivity index is 1.38. The van der Waals surface area contributed by atoms with Gasteiger partial charge in [-0.2, -0.15) is 0 Å². The maximum absolute atomic E-state index is 10.7. The van der Waals surface area contributed by atoms with Gasteiger partial charge in [-0.25, -0.2) is 4.79 Å². The average Bonchev–Trinajstić information content (AvgIpc) is 3.13. The molecule has 3 fully saturated rings. The third-order valence-electron chi connectivity index (χ3n) is 11.1. The first kappa shape index (κ1) is 26.0. The SMILES string of the molecule is CC(C)CCC[C@@H](C)[C@H]1CCC2C3CC=C4C[C@@H](NCCNC(=O)O)CC[C@]4(C)C3CC[C@@]21C. The first-order valence-electron chi connectivity index (χ1n) is 14.5. The molecule has 0 spiro atoms. The Hall–Kier alpha value is -1.03. The Morgan fingerprint density at radius 2 is 1.85 bits per heavy atom. The fraction of sp³-hybridized carbons (Fsp3) is 0.900. The molecule has 0 radical (unpaired) electrons. The van der Waals surface area contributed by atoms with E-state index in [0.717, 1.165) is 48.5 Å². The van der Waals surface area contributed by atoms with Crippen LogP contribution in [0.25, 0.3) is 0 Å². The van der Waals surface area contributed by atoms with Gasteiger partial charge < -0.3 is 15.7 Å². The molecule has 4 heteroatoms. The zero-order valence-corrected chi connectivity index (χ0v) is 22.7. The predicted molar refractivity (Wildman–Crippen MR) is 141 cm³/mol. The summed E-state index contributed by atoms with van der Waals surface area (Å²) in [5.74, 6) is 5.34. The van der Waals surface area contributed by atoms with Crippen LogP contribution in [0.4, 0.5) is 4.79 Å². The fourth-order valence-corrected chi connectivity index (χ4v) is 9.31. The van der Waals surface area contributed by atoms with Gasteiger partial charge in [0, 0.05) is 19.1 Å². The summed E-state index contributed by atoms with van der Waals surface area (Å²) in [4.78, 5) is 10.7. The molecule has 1 amide bonds. The molecular weight excluding hydrogens is 420 g/mol. The summed E-state index contributed by atoms with van der Waals surface area (Å²) in [7, 11) is 0. The van der Waals surface area contributed by atoms with Crippen LogP contribution in [-0.2, 0) is 0 Å². The Kier molecular flexibility index (Phi) is 8.06. The number of rotatable bonds is 9. The molecule has 4 rings (SSSR count). The number of amides is 1. The molecule has 8 atom stereocenters. The monoisotopic (exact) mass is 472 g/mol. The molecule has 34 heavy (non-hydrogen) atoms. The number of hydrogen-bond acceptors (Lipinski definition) is 2. The van der Waals surface area contributed by atoms with Crippen LogP contribution in [0, 0.1) is 46.3 Å². The number of fused-ring (bicyclic) bond motifs is 5. The van der Waals surface area contributed by atoms with Gasteiger partial charge in [-0.1, -0.05) is 65.5 Å². The van der Waals surface area contributed by atoms with E-state index in [1.807, 2.05) is 0 Å². The number of nitrogens with one attached hydrogen (secondary N) is 2. The summed E-state index contributed by atoms with van der Waals surface area (Å²) in [6.45, 7) is 13.8. The second kappa shape index (κ2) is 10.5. The van der Waals surface area contributed by atoms with Gasteiger partial charge in [0.2, 0.25) is 0 Å². The molecule has 4 aliphatic carbocycles. The van der Waals surface area contributed by atoms with Gasteiger partial charge in [0.15, 0.2) is 0 Å². The lowest BCUT2D eigenvalue weighted by atomic mass is 9.47. The number of carbonyl (C=O) groups is 1. The number of carboxylic acid groups (broad SMARTS) is 1. The Bertz CT molecular complexity index is 748. The van der Waals surface area contributed by atoms with Gasteiger partial charge in [0.25, 0.3) is 0 Å². The molecule has 0 saturated heterocycles. The molecule has 4 nitrogen and oxygen atoms in total.